The van der Waals surface area contributed by atoms with Crippen LogP contribution in [0.3, 0.4) is 0 Å². The van der Waals surface area contributed by atoms with Gasteiger partial charge in [0.1, 0.15) is 0 Å². The Morgan fingerprint density at radius 2 is 2.25 bits per heavy atom. The Bertz CT molecular complexity index is 432. The first-order chi connectivity index (χ1) is 7.61. The lowest BCUT2D eigenvalue weighted by Crippen LogP contribution is -2.26. The third-order valence-electron chi connectivity index (χ3n) is 2.38. The SMILES string of the molecule is COc1cc(Br)cc(C(=O)NC2CC2)c1F. The third-order valence-corrected chi connectivity index (χ3v) is 2.84. The van der Waals surface area contributed by atoms with Crippen LogP contribution in [-0.2, 0) is 0 Å². The fourth-order valence-corrected chi connectivity index (χ4v) is 1.81. The van der Waals surface area contributed by atoms with Crippen molar-refractivity contribution in [2.24, 2.45) is 0 Å². The highest BCUT2D eigenvalue weighted by Crippen LogP contribution is 2.27. The summed E-state index contributed by atoms with van der Waals surface area (Å²) in [6, 6.07) is 3.15. The van der Waals surface area contributed by atoms with Gasteiger partial charge in [-0.3, -0.25) is 4.79 Å². The van der Waals surface area contributed by atoms with Gasteiger partial charge in [0, 0.05) is 10.5 Å². The molecule has 1 aliphatic rings. The molecule has 0 unspecified atom stereocenters. The van der Waals surface area contributed by atoms with Crippen molar-refractivity contribution in [3.05, 3.63) is 28.0 Å². The molecule has 86 valence electrons. The topological polar surface area (TPSA) is 38.3 Å². The second kappa shape index (κ2) is 4.41. The van der Waals surface area contributed by atoms with Gasteiger partial charge in [-0.1, -0.05) is 15.9 Å². The van der Waals surface area contributed by atoms with Gasteiger partial charge in [0.25, 0.3) is 5.91 Å². The first-order valence-electron chi connectivity index (χ1n) is 4.95. The van der Waals surface area contributed by atoms with Gasteiger partial charge in [-0.15, -0.1) is 0 Å². The Morgan fingerprint density at radius 3 is 2.81 bits per heavy atom. The predicted molar refractivity (Wildman–Crippen MR) is 61.1 cm³/mol. The van der Waals surface area contributed by atoms with Crippen LogP contribution < -0.4 is 10.1 Å². The van der Waals surface area contributed by atoms with E-state index in [0.717, 1.165) is 12.8 Å². The molecule has 0 radical (unpaired) electrons. The van der Waals surface area contributed by atoms with Crippen molar-refractivity contribution >= 4 is 21.8 Å². The zero-order valence-electron chi connectivity index (χ0n) is 8.72. The van der Waals surface area contributed by atoms with Crippen molar-refractivity contribution in [1.29, 1.82) is 0 Å². The first-order valence-corrected chi connectivity index (χ1v) is 5.75. The molecule has 1 aliphatic carbocycles. The molecule has 0 aromatic heterocycles. The maximum atomic E-state index is 13.8. The number of hydrogen-bond donors (Lipinski definition) is 1. The number of rotatable bonds is 3. The molecule has 1 amide bonds. The van der Waals surface area contributed by atoms with E-state index < -0.39 is 5.82 Å². The minimum Gasteiger partial charge on any atom is -0.494 e. The maximum absolute atomic E-state index is 13.8. The number of nitrogens with one attached hydrogen (secondary N) is 1. The molecule has 0 bridgehead atoms. The van der Waals surface area contributed by atoms with Crippen LogP contribution in [0.4, 0.5) is 4.39 Å². The second-order valence-electron chi connectivity index (χ2n) is 3.72. The van der Waals surface area contributed by atoms with E-state index in [1.165, 1.54) is 19.2 Å². The van der Waals surface area contributed by atoms with Crippen molar-refractivity contribution in [3.63, 3.8) is 0 Å². The number of benzene rings is 1. The van der Waals surface area contributed by atoms with Gasteiger partial charge in [0.2, 0.25) is 0 Å². The smallest absolute Gasteiger partial charge is 0.254 e. The number of carbonyl (C=O) groups excluding carboxylic acids is 1. The van der Waals surface area contributed by atoms with E-state index in [1.54, 1.807) is 0 Å². The lowest BCUT2D eigenvalue weighted by atomic mass is 10.2. The molecular weight excluding hydrogens is 277 g/mol. The molecule has 2 rings (SSSR count). The van der Waals surface area contributed by atoms with Crippen LogP contribution >= 0.6 is 15.9 Å². The van der Waals surface area contributed by atoms with E-state index in [-0.39, 0.29) is 23.3 Å². The van der Waals surface area contributed by atoms with Gasteiger partial charge < -0.3 is 10.1 Å². The maximum Gasteiger partial charge on any atom is 0.254 e. The summed E-state index contributed by atoms with van der Waals surface area (Å²) in [5, 5.41) is 2.73. The van der Waals surface area contributed by atoms with Gasteiger partial charge in [0.05, 0.1) is 12.7 Å². The highest BCUT2D eigenvalue weighted by Gasteiger charge is 2.26. The highest BCUT2D eigenvalue weighted by atomic mass is 79.9. The van der Waals surface area contributed by atoms with E-state index >= 15 is 0 Å². The fraction of sp³-hybridized carbons (Fsp3) is 0.364. The molecule has 1 N–H and O–H groups in total. The Balaban J connectivity index is 2.30. The van der Waals surface area contributed by atoms with Gasteiger partial charge in [-0.05, 0) is 25.0 Å². The van der Waals surface area contributed by atoms with Crippen molar-refractivity contribution in [1.82, 2.24) is 5.32 Å². The molecule has 1 fully saturated rings. The van der Waals surface area contributed by atoms with Crippen molar-refractivity contribution in [2.75, 3.05) is 7.11 Å². The van der Waals surface area contributed by atoms with Crippen molar-refractivity contribution < 1.29 is 13.9 Å². The minimum atomic E-state index is -0.621. The molecule has 5 heteroatoms. The zero-order valence-corrected chi connectivity index (χ0v) is 10.3. The monoisotopic (exact) mass is 287 g/mol. The zero-order chi connectivity index (χ0) is 11.7. The molecule has 1 saturated carbocycles. The Kier molecular flexibility index (Phi) is 3.14. The molecule has 0 atom stereocenters. The summed E-state index contributed by atoms with van der Waals surface area (Å²) in [4.78, 5) is 11.7. The number of halogens is 2. The summed E-state index contributed by atoms with van der Waals surface area (Å²) in [6.45, 7) is 0. The lowest BCUT2D eigenvalue weighted by molar-refractivity contribution is 0.0946. The van der Waals surface area contributed by atoms with Crippen LogP contribution in [0.15, 0.2) is 16.6 Å². The quantitative estimate of drug-likeness (QED) is 0.928. The fourth-order valence-electron chi connectivity index (χ4n) is 1.37. The van der Waals surface area contributed by atoms with Crippen molar-refractivity contribution in [3.8, 4) is 5.75 Å². The van der Waals surface area contributed by atoms with Crippen molar-refractivity contribution in [2.45, 2.75) is 18.9 Å². The number of ether oxygens (including phenoxy) is 1. The Labute approximate surface area is 101 Å². The summed E-state index contributed by atoms with van der Waals surface area (Å²) >= 11 is 3.21. The average Bonchev–Trinajstić information content (AvgIpc) is 3.04. The van der Waals surface area contributed by atoms with E-state index in [0.29, 0.717) is 4.47 Å². The van der Waals surface area contributed by atoms with Crippen LogP contribution in [0.25, 0.3) is 0 Å². The number of methoxy groups -OCH3 is 1. The molecule has 0 aliphatic heterocycles. The van der Waals surface area contributed by atoms with Crippen LogP contribution in [0.1, 0.15) is 23.2 Å². The number of amides is 1. The number of hydrogen-bond acceptors (Lipinski definition) is 2. The van der Waals surface area contributed by atoms with E-state index in [2.05, 4.69) is 21.2 Å². The summed E-state index contributed by atoms with van der Waals surface area (Å²) in [6.07, 6.45) is 1.94. The second-order valence-corrected chi connectivity index (χ2v) is 4.63. The summed E-state index contributed by atoms with van der Waals surface area (Å²) in [5.41, 5.74) is 0.0122. The molecule has 0 spiro atoms. The van der Waals surface area contributed by atoms with Crippen LogP contribution in [0.2, 0.25) is 0 Å². The Morgan fingerprint density at radius 1 is 1.56 bits per heavy atom. The summed E-state index contributed by atoms with van der Waals surface area (Å²) in [7, 11) is 1.37. The largest absolute Gasteiger partial charge is 0.494 e. The van der Waals surface area contributed by atoms with Crippen LogP contribution in [0.5, 0.6) is 5.75 Å². The summed E-state index contributed by atoms with van der Waals surface area (Å²) < 4.78 is 19.2. The molecule has 0 heterocycles. The van der Waals surface area contributed by atoms with Crippen LogP contribution in [-0.4, -0.2) is 19.1 Å². The van der Waals surface area contributed by atoms with E-state index in [4.69, 9.17) is 4.74 Å². The molecule has 1 aromatic rings. The average molecular weight is 288 g/mol. The third kappa shape index (κ3) is 2.35. The first kappa shape index (κ1) is 11.4. The standard InChI is InChI=1S/C11H11BrFNO2/c1-16-9-5-6(12)4-8(10(9)13)11(15)14-7-2-3-7/h4-5,7H,2-3H2,1H3,(H,14,15). The minimum absolute atomic E-state index is 0.0122. The molecule has 3 nitrogen and oxygen atoms in total. The predicted octanol–water partition coefficient (Wildman–Crippen LogP) is 2.49. The Hall–Kier alpha value is -1.10. The lowest BCUT2D eigenvalue weighted by Gasteiger charge is -2.08. The van der Waals surface area contributed by atoms with Gasteiger partial charge >= 0.3 is 0 Å². The molecular formula is C11H11BrFNO2. The normalized spacial score (nSPS) is 14.7. The summed E-state index contributed by atoms with van der Waals surface area (Å²) in [5.74, 6) is -0.946. The van der Waals surface area contributed by atoms with Gasteiger partial charge in [-0.2, -0.15) is 0 Å². The van der Waals surface area contributed by atoms with Crippen LogP contribution in [0, 0.1) is 5.82 Å². The number of carbonyl (C=O) groups is 1. The van der Waals surface area contributed by atoms with Gasteiger partial charge in [0.15, 0.2) is 11.6 Å². The van der Waals surface area contributed by atoms with E-state index in [1.807, 2.05) is 0 Å². The highest BCUT2D eigenvalue weighted by molar-refractivity contribution is 9.10. The molecule has 0 saturated heterocycles. The van der Waals surface area contributed by atoms with E-state index in [9.17, 15) is 9.18 Å². The molecule has 1 aromatic carbocycles. The molecule has 16 heavy (non-hydrogen) atoms. The van der Waals surface area contributed by atoms with Gasteiger partial charge in [-0.25, -0.2) is 4.39 Å².